The lowest BCUT2D eigenvalue weighted by Crippen LogP contribution is -2.55. The molecule has 1 saturated heterocycles. The van der Waals surface area contributed by atoms with E-state index in [2.05, 4.69) is 43.3 Å². The minimum atomic E-state index is -3.50. The topological polar surface area (TPSA) is 118 Å². The number of hydrogen-bond donors (Lipinski definition) is 1. The van der Waals surface area contributed by atoms with Gasteiger partial charge >= 0.3 is 6.03 Å². The Labute approximate surface area is 305 Å². The van der Waals surface area contributed by atoms with Gasteiger partial charge in [-0.1, -0.05) is 36.7 Å². The fourth-order valence-electron chi connectivity index (χ4n) is 7.67. The van der Waals surface area contributed by atoms with Gasteiger partial charge in [-0.05, 0) is 97.7 Å². The van der Waals surface area contributed by atoms with Crippen molar-refractivity contribution in [2.75, 3.05) is 44.0 Å². The molecule has 1 N–H and O–H groups in total. The first kappa shape index (κ1) is 35.5. The summed E-state index contributed by atoms with van der Waals surface area (Å²) in [4.78, 5) is 35.4. The van der Waals surface area contributed by atoms with E-state index < -0.39 is 21.9 Å². The lowest BCUT2D eigenvalue weighted by atomic mass is 9.70. The van der Waals surface area contributed by atoms with Crippen LogP contribution in [0.15, 0.2) is 71.6 Å². The zero-order valence-electron chi connectivity index (χ0n) is 29.3. The van der Waals surface area contributed by atoms with Crippen LogP contribution in [0.5, 0.6) is 5.75 Å². The summed E-state index contributed by atoms with van der Waals surface area (Å²) in [6, 6.07) is 11.0. The number of nitrogens with one attached hydrogen (secondary N) is 1. The highest BCUT2D eigenvalue weighted by Gasteiger charge is 2.38. The number of rotatable bonds is 3. The van der Waals surface area contributed by atoms with Gasteiger partial charge in [-0.15, -0.1) is 4.36 Å². The molecule has 1 aliphatic carbocycles. The number of halogens is 1. The van der Waals surface area contributed by atoms with Crippen molar-refractivity contribution in [2.45, 2.75) is 64.1 Å². The molecule has 7 rings (SSSR count). The summed E-state index contributed by atoms with van der Waals surface area (Å²) in [7, 11) is -1.74. The molecule has 2 fully saturated rings. The van der Waals surface area contributed by atoms with Crippen molar-refractivity contribution in [3.05, 3.63) is 89.0 Å². The number of nitrogens with zero attached hydrogens (tertiary/aromatic N) is 5. The van der Waals surface area contributed by atoms with E-state index >= 15 is 0 Å². The molecule has 11 nitrogen and oxygen atoms in total. The molecule has 0 radical (unpaired) electrons. The van der Waals surface area contributed by atoms with Gasteiger partial charge in [0.15, 0.2) is 0 Å². The third-order valence-corrected chi connectivity index (χ3v) is 13.0. The molecule has 51 heavy (non-hydrogen) atoms. The number of carbonyl (C=O) groups is 2. The van der Waals surface area contributed by atoms with E-state index in [0.717, 1.165) is 44.3 Å². The second kappa shape index (κ2) is 15.4. The average Bonchev–Trinajstić information content (AvgIpc) is 3.58. The lowest BCUT2D eigenvalue weighted by Gasteiger charge is -2.43. The molecule has 3 amide bonds. The Kier molecular flexibility index (Phi) is 10.7. The number of amides is 3. The summed E-state index contributed by atoms with van der Waals surface area (Å²) in [5, 5.41) is 0.716. The van der Waals surface area contributed by atoms with Crippen LogP contribution in [-0.2, 0) is 27.6 Å². The normalized spacial score (nSPS) is 28.0. The molecule has 4 heterocycles. The molecule has 1 unspecified atom stereocenters. The number of carbonyl (C=O) groups excluding carboxylic acids is 2. The maximum absolute atomic E-state index is 14.6. The first-order valence-corrected chi connectivity index (χ1v) is 20.1. The number of aryl methyl sites for hydroxylation is 1. The van der Waals surface area contributed by atoms with E-state index in [1.807, 2.05) is 35.9 Å². The molecule has 5 atom stereocenters. The molecule has 0 spiro atoms. The molecule has 3 aromatic rings. The van der Waals surface area contributed by atoms with Crippen molar-refractivity contribution >= 4 is 39.1 Å². The molecule has 2 aromatic carbocycles. The van der Waals surface area contributed by atoms with Crippen LogP contribution in [0.2, 0.25) is 5.02 Å². The van der Waals surface area contributed by atoms with Crippen LogP contribution in [0.1, 0.15) is 66.6 Å². The Morgan fingerprint density at radius 3 is 2.73 bits per heavy atom. The highest BCUT2D eigenvalue weighted by atomic mass is 35.5. The van der Waals surface area contributed by atoms with E-state index in [1.54, 1.807) is 30.6 Å². The van der Waals surface area contributed by atoms with Crippen molar-refractivity contribution in [2.24, 2.45) is 22.1 Å². The van der Waals surface area contributed by atoms with Gasteiger partial charge in [-0.3, -0.25) is 9.52 Å². The summed E-state index contributed by atoms with van der Waals surface area (Å²) in [6.07, 6.45) is 14.9. The summed E-state index contributed by atoms with van der Waals surface area (Å²) in [5.74, 6) is 0.640. The Morgan fingerprint density at radius 1 is 1.10 bits per heavy atom. The summed E-state index contributed by atoms with van der Waals surface area (Å²) in [5.41, 5.74) is 3.48. The third kappa shape index (κ3) is 8.13. The fraction of sp³-hybridized carbons (Fsp3) is 0.500. The summed E-state index contributed by atoms with van der Waals surface area (Å²) < 4.78 is 35.9. The van der Waals surface area contributed by atoms with Crippen molar-refractivity contribution in [1.82, 2.24) is 19.2 Å². The number of urea groups is 1. The molecule has 1 aromatic heterocycles. The van der Waals surface area contributed by atoms with E-state index in [0.29, 0.717) is 60.8 Å². The SMILES string of the molecule is CO[C@H]1/C=C/C[C@H](C)CS(=O)(NC(=O)N2CC(n3ccnc3)C2)=NC(=O)c2ccc3c(c2)N(Cc2ccc(Cl)cc2CCCCO3)C[C@@H]2CC[C@H]21. The van der Waals surface area contributed by atoms with Gasteiger partial charge in [-0.2, -0.15) is 0 Å². The first-order valence-electron chi connectivity index (χ1n) is 18.0. The van der Waals surface area contributed by atoms with Crippen LogP contribution < -0.4 is 14.4 Å². The zero-order chi connectivity index (χ0) is 35.5. The van der Waals surface area contributed by atoms with E-state index in [9.17, 15) is 13.8 Å². The fourth-order valence-corrected chi connectivity index (χ4v) is 9.75. The number of benzene rings is 2. The van der Waals surface area contributed by atoms with Crippen molar-refractivity contribution in [1.29, 1.82) is 0 Å². The minimum Gasteiger partial charge on any atom is -0.491 e. The van der Waals surface area contributed by atoms with Gasteiger partial charge in [0.05, 0.1) is 36.5 Å². The van der Waals surface area contributed by atoms with Crippen molar-refractivity contribution < 1.29 is 23.3 Å². The second-order valence-corrected chi connectivity index (χ2v) is 16.9. The van der Waals surface area contributed by atoms with Crippen molar-refractivity contribution in [3.8, 4) is 5.75 Å². The number of fused-ring (bicyclic) bond motifs is 3. The van der Waals surface area contributed by atoms with E-state index in [-0.39, 0.29) is 23.8 Å². The standard InChI is InChI=1S/C38H47ClN6O5S/c1-26-6-5-8-35(49-2)33-13-10-30(33)21-44-20-29-9-12-31(39)18-27(29)7-3-4-17-50-36-14-11-28(19-34(36)44)37(46)41-51(48,24-26)42-38(47)45-22-32(23-45)43-16-15-40-25-43/h5,8-9,11-12,14-16,18-19,25-26,30,32-33,35H,3-4,6-7,10,13,17,20-24H2,1-2H3,(H,41,42,46,47,48)/b8-5+/t26-,30-,33+,35-,51?/m0/s1. The molecule has 13 heteroatoms. The molecule has 4 aliphatic rings. The molecule has 1 saturated carbocycles. The molecular formula is C38H47ClN6O5S. The minimum absolute atomic E-state index is 0.0246. The number of anilines is 1. The van der Waals surface area contributed by atoms with Crippen LogP contribution in [0.3, 0.4) is 0 Å². The zero-order valence-corrected chi connectivity index (χ0v) is 30.9. The highest BCUT2D eigenvalue weighted by molar-refractivity contribution is 7.92. The molecular weight excluding hydrogens is 688 g/mol. The smallest absolute Gasteiger partial charge is 0.329 e. The van der Waals surface area contributed by atoms with Gasteiger partial charge in [0.2, 0.25) is 0 Å². The van der Waals surface area contributed by atoms with Crippen LogP contribution in [0.4, 0.5) is 10.5 Å². The van der Waals surface area contributed by atoms with Crippen LogP contribution in [0, 0.1) is 17.8 Å². The number of aromatic nitrogens is 2. The molecule has 3 aliphatic heterocycles. The van der Waals surface area contributed by atoms with Gasteiger partial charge in [0.1, 0.15) is 15.7 Å². The second-order valence-electron chi connectivity index (χ2n) is 14.4. The highest BCUT2D eigenvalue weighted by Crippen LogP contribution is 2.42. The van der Waals surface area contributed by atoms with Crippen LogP contribution in [-0.4, -0.2) is 75.8 Å². The number of imidazole rings is 1. The van der Waals surface area contributed by atoms with Crippen molar-refractivity contribution in [3.63, 3.8) is 0 Å². The maximum atomic E-state index is 14.6. The summed E-state index contributed by atoms with van der Waals surface area (Å²) >= 11 is 6.47. The van der Waals surface area contributed by atoms with Crippen LogP contribution >= 0.6 is 11.6 Å². The Balaban J connectivity index is 1.25. The summed E-state index contributed by atoms with van der Waals surface area (Å²) in [6.45, 7) is 4.74. The Morgan fingerprint density at radius 2 is 1.96 bits per heavy atom. The van der Waals surface area contributed by atoms with Crippen LogP contribution in [0.25, 0.3) is 0 Å². The number of likely N-dealkylation sites (tertiary alicyclic amines) is 1. The Bertz CT molecular complexity index is 1890. The predicted octanol–water partition coefficient (Wildman–Crippen LogP) is 6.69. The van der Waals surface area contributed by atoms with Gasteiger partial charge in [0, 0.05) is 56.3 Å². The number of ether oxygens (including phenoxy) is 2. The Hall–Kier alpha value is -3.87. The quantitative estimate of drug-likeness (QED) is 0.298. The number of hydrogen-bond acceptors (Lipinski definition) is 7. The molecule has 272 valence electrons. The number of allylic oxidation sites excluding steroid dienone is 1. The average molecular weight is 735 g/mol. The van der Waals surface area contributed by atoms with E-state index in [4.69, 9.17) is 21.1 Å². The van der Waals surface area contributed by atoms with Gasteiger partial charge < -0.3 is 23.8 Å². The monoisotopic (exact) mass is 734 g/mol. The lowest BCUT2D eigenvalue weighted by molar-refractivity contribution is 0.0133. The molecule has 2 bridgehead atoms. The van der Waals surface area contributed by atoms with Gasteiger partial charge in [-0.25, -0.2) is 14.0 Å². The first-order chi connectivity index (χ1) is 24.7. The largest absolute Gasteiger partial charge is 0.491 e. The van der Waals surface area contributed by atoms with Gasteiger partial charge in [0.25, 0.3) is 5.91 Å². The van der Waals surface area contributed by atoms with E-state index in [1.165, 1.54) is 11.1 Å². The predicted molar refractivity (Wildman–Crippen MR) is 198 cm³/mol. The number of methoxy groups -OCH3 is 1. The third-order valence-electron chi connectivity index (χ3n) is 10.7. The maximum Gasteiger partial charge on any atom is 0.329 e.